The fourth-order valence-electron chi connectivity index (χ4n) is 1.94. The predicted octanol–water partition coefficient (Wildman–Crippen LogP) is 1.48. The van der Waals surface area contributed by atoms with E-state index in [9.17, 15) is 0 Å². The van der Waals surface area contributed by atoms with E-state index in [0.29, 0.717) is 18.3 Å². The van der Waals surface area contributed by atoms with Gasteiger partial charge in [-0.2, -0.15) is 0 Å². The Kier molecular flexibility index (Phi) is 3.28. The van der Waals surface area contributed by atoms with Crippen molar-refractivity contribution in [2.24, 2.45) is 5.73 Å². The summed E-state index contributed by atoms with van der Waals surface area (Å²) >= 11 is 0. The lowest BCUT2D eigenvalue weighted by Gasteiger charge is -2.07. The molecule has 0 saturated carbocycles. The Labute approximate surface area is 101 Å². The lowest BCUT2D eigenvalue weighted by Crippen LogP contribution is -2.12. The monoisotopic (exact) mass is 233 g/mol. The summed E-state index contributed by atoms with van der Waals surface area (Å²) in [6, 6.07) is 3.27. The molecule has 0 saturated heterocycles. The van der Waals surface area contributed by atoms with Crippen molar-refractivity contribution >= 4 is 0 Å². The molecule has 0 amide bonds. The van der Waals surface area contributed by atoms with E-state index in [1.54, 1.807) is 0 Å². The quantitative estimate of drug-likeness (QED) is 0.868. The Morgan fingerprint density at radius 2 is 2.12 bits per heavy atom. The van der Waals surface area contributed by atoms with Crippen molar-refractivity contribution in [2.75, 3.05) is 6.54 Å². The molecule has 5 nitrogen and oxygen atoms in total. The van der Waals surface area contributed by atoms with Crippen LogP contribution in [0.25, 0.3) is 11.6 Å². The predicted molar refractivity (Wildman–Crippen MR) is 64.5 cm³/mol. The molecule has 2 heterocycles. The van der Waals surface area contributed by atoms with Gasteiger partial charge in [0.25, 0.3) is 5.89 Å². The molecule has 0 aliphatic heterocycles. The maximum atomic E-state index is 5.62. The maximum Gasteiger partial charge on any atom is 0.264 e. The number of aryl methyl sites for hydroxylation is 3. The molecule has 0 bridgehead atoms. The zero-order chi connectivity index (χ0) is 12.4. The molecular weight excluding hydrogens is 216 g/mol. The molecule has 0 unspecified atom stereocenters. The third kappa shape index (κ3) is 2.10. The molecule has 17 heavy (non-hydrogen) atoms. The van der Waals surface area contributed by atoms with Crippen LogP contribution < -0.4 is 5.73 Å². The van der Waals surface area contributed by atoms with E-state index in [1.165, 1.54) is 0 Å². The second kappa shape index (κ2) is 4.71. The highest BCUT2D eigenvalue weighted by Crippen LogP contribution is 2.25. The van der Waals surface area contributed by atoms with Crippen molar-refractivity contribution < 1.29 is 4.42 Å². The molecule has 0 aliphatic rings. The molecule has 0 aliphatic carbocycles. The van der Waals surface area contributed by atoms with Crippen molar-refractivity contribution in [2.45, 2.75) is 33.7 Å². The molecule has 91 valence electrons. The van der Waals surface area contributed by atoms with E-state index < -0.39 is 0 Å². The van der Waals surface area contributed by atoms with Crippen LogP contribution >= 0.6 is 0 Å². The summed E-state index contributed by atoms with van der Waals surface area (Å²) in [7, 11) is 0. The fraction of sp³-hybridized carbons (Fsp3) is 0.500. The molecule has 0 fully saturated rings. The third-order valence-electron chi connectivity index (χ3n) is 2.72. The van der Waals surface area contributed by atoms with Gasteiger partial charge in [-0.05, 0) is 19.4 Å². The van der Waals surface area contributed by atoms with E-state index in [1.807, 2.05) is 20.8 Å². The van der Waals surface area contributed by atoms with Crippen LogP contribution in [0.2, 0.25) is 0 Å². The van der Waals surface area contributed by atoms with E-state index >= 15 is 0 Å². The second-order valence-corrected chi connectivity index (χ2v) is 3.98. The van der Waals surface area contributed by atoms with Crippen molar-refractivity contribution in [1.82, 2.24) is 14.8 Å². The molecule has 2 aromatic rings. The number of aromatic nitrogens is 3. The van der Waals surface area contributed by atoms with Crippen molar-refractivity contribution in [3.8, 4) is 11.6 Å². The van der Waals surface area contributed by atoms with Gasteiger partial charge in [0.1, 0.15) is 5.69 Å². The first-order valence-corrected chi connectivity index (χ1v) is 5.79. The highest BCUT2D eigenvalue weighted by atomic mass is 16.4. The summed E-state index contributed by atoms with van der Waals surface area (Å²) in [6.07, 6.45) is 0.742. The Bertz CT molecular complexity index is 513. The second-order valence-electron chi connectivity index (χ2n) is 3.98. The molecule has 5 heteroatoms. The number of nitrogens with two attached hydrogens (primary N) is 1. The van der Waals surface area contributed by atoms with Gasteiger partial charge in [0.05, 0.1) is 0 Å². The van der Waals surface area contributed by atoms with Crippen LogP contribution in [-0.4, -0.2) is 21.3 Å². The van der Waals surface area contributed by atoms with Gasteiger partial charge in [-0.1, -0.05) is 6.92 Å². The van der Waals surface area contributed by atoms with Gasteiger partial charge in [0.15, 0.2) is 0 Å². The third-order valence-corrected chi connectivity index (χ3v) is 2.72. The van der Waals surface area contributed by atoms with Crippen molar-refractivity contribution in [3.63, 3.8) is 0 Å². The first-order valence-electron chi connectivity index (χ1n) is 5.79. The van der Waals surface area contributed by atoms with Crippen molar-refractivity contribution in [1.29, 1.82) is 0 Å². The van der Waals surface area contributed by atoms with E-state index in [4.69, 9.17) is 10.2 Å². The van der Waals surface area contributed by atoms with Crippen LogP contribution in [0, 0.1) is 19.9 Å². The SMILES string of the molecule is CCc1nnc(-c2c(C)[c]c(C)n2CCN)o1. The Morgan fingerprint density at radius 3 is 2.71 bits per heavy atom. The average Bonchev–Trinajstić information content (AvgIpc) is 2.85. The van der Waals surface area contributed by atoms with E-state index in [-0.39, 0.29) is 0 Å². The van der Waals surface area contributed by atoms with Gasteiger partial charge in [0, 0.05) is 31.3 Å². The summed E-state index contributed by atoms with van der Waals surface area (Å²) in [6.45, 7) is 7.29. The summed E-state index contributed by atoms with van der Waals surface area (Å²) in [5, 5.41) is 8.06. The van der Waals surface area contributed by atoms with Crippen LogP contribution in [0.1, 0.15) is 24.1 Å². The zero-order valence-corrected chi connectivity index (χ0v) is 10.4. The van der Waals surface area contributed by atoms with Gasteiger partial charge in [0.2, 0.25) is 5.89 Å². The van der Waals surface area contributed by atoms with Gasteiger partial charge >= 0.3 is 0 Å². The van der Waals surface area contributed by atoms with E-state index in [2.05, 4.69) is 20.8 Å². The minimum absolute atomic E-state index is 0.553. The van der Waals surface area contributed by atoms with Crippen LogP contribution in [0.5, 0.6) is 0 Å². The zero-order valence-electron chi connectivity index (χ0n) is 10.4. The molecule has 1 radical (unpaired) electrons. The minimum Gasteiger partial charge on any atom is -0.419 e. The normalized spacial score (nSPS) is 11.1. The van der Waals surface area contributed by atoms with Crippen LogP contribution in [0.3, 0.4) is 0 Å². The number of hydrogen-bond donors (Lipinski definition) is 1. The summed E-state index contributed by atoms with van der Waals surface area (Å²) in [5.41, 5.74) is 8.60. The van der Waals surface area contributed by atoms with Gasteiger partial charge in [-0.3, -0.25) is 0 Å². The van der Waals surface area contributed by atoms with Crippen LogP contribution in [0.4, 0.5) is 0 Å². The smallest absolute Gasteiger partial charge is 0.264 e. The first kappa shape index (κ1) is 11.9. The Balaban J connectivity index is 2.49. The topological polar surface area (TPSA) is 69.9 Å². The average molecular weight is 233 g/mol. The summed E-state index contributed by atoms with van der Waals surface area (Å²) < 4.78 is 7.67. The van der Waals surface area contributed by atoms with Crippen LogP contribution in [0.15, 0.2) is 4.42 Å². The largest absolute Gasteiger partial charge is 0.419 e. The highest BCUT2D eigenvalue weighted by molar-refractivity contribution is 5.55. The standard InChI is InChI=1S/C12H17N4O/c1-4-10-14-15-12(17-10)11-8(2)7-9(3)16(11)6-5-13/h4-6,13H2,1-3H3. The number of nitrogens with zero attached hydrogens (tertiary/aromatic N) is 3. The number of rotatable bonds is 4. The van der Waals surface area contributed by atoms with Gasteiger partial charge in [-0.25, -0.2) is 0 Å². The maximum absolute atomic E-state index is 5.62. The molecule has 2 aromatic heterocycles. The lowest BCUT2D eigenvalue weighted by molar-refractivity contribution is 0.506. The molecule has 2 rings (SSSR count). The summed E-state index contributed by atoms with van der Waals surface area (Å²) in [5.74, 6) is 1.20. The molecule has 0 spiro atoms. The highest BCUT2D eigenvalue weighted by Gasteiger charge is 2.17. The Morgan fingerprint density at radius 1 is 1.35 bits per heavy atom. The van der Waals surface area contributed by atoms with Crippen molar-refractivity contribution in [3.05, 3.63) is 23.2 Å². The Hall–Kier alpha value is -1.62. The van der Waals surface area contributed by atoms with Gasteiger partial charge < -0.3 is 14.7 Å². The minimum atomic E-state index is 0.553. The number of hydrogen-bond acceptors (Lipinski definition) is 4. The first-order chi connectivity index (χ1) is 8.17. The fourth-order valence-corrected chi connectivity index (χ4v) is 1.94. The molecule has 0 aromatic carbocycles. The van der Waals surface area contributed by atoms with E-state index in [0.717, 1.165) is 29.9 Å². The lowest BCUT2D eigenvalue weighted by atomic mass is 10.2. The van der Waals surface area contributed by atoms with Crippen LogP contribution in [-0.2, 0) is 13.0 Å². The molecule has 2 N–H and O–H groups in total. The molecular formula is C12H17N4O. The van der Waals surface area contributed by atoms with Gasteiger partial charge in [-0.15, -0.1) is 10.2 Å². The summed E-state index contributed by atoms with van der Waals surface area (Å²) in [4.78, 5) is 0. The molecule has 0 atom stereocenters.